The Hall–Kier alpha value is -2.03. The van der Waals surface area contributed by atoms with Crippen molar-refractivity contribution in [2.24, 2.45) is 0 Å². The van der Waals surface area contributed by atoms with Crippen LogP contribution in [0.15, 0.2) is 48.6 Å². The van der Waals surface area contributed by atoms with E-state index in [0.29, 0.717) is 17.4 Å². The molecule has 2 N–H and O–H groups in total. The van der Waals surface area contributed by atoms with Gasteiger partial charge in [0.05, 0.1) is 33.8 Å². The summed E-state index contributed by atoms with van der Waals surface area (Å²) in [6.45, 7) is 7.02. The Labute approximate surface area is 490 Å². The summed E-state index contributed by atoms with van der Waals surface area (Å²) in [5.74, 6) is -0.504. The van der Waals surface area contributed by atoms with Gasteiger partial charge in [0.15, 0.2) is 0 Å². The molecule has 0 heterocycles. The number of rotatable bonds is 62. The van der Waals surface area contributed by atoms with Gasteiger partial charge in [-0.3, -0.25) is 18.6 Å². The van der Waals surface area contributed by atoms with E-state index in [1.807, 2.05) is 33.3 Å². The van der Waals surface area contributed by atoms with Crippen molar-refractivity contribution in [1.82, 2.24) is 5.32 Å². The van der Waals surface area contributed by atoms with Crippen LogP contribution in [0.1, 0.15) is 329 Å². The molecule has 9 nitrogen and oxygen atoms in total. The van der Waals surface area contributed by atoms with E-state index in [1.165, 1.54) is 212 Å². The van der Waals surface area contributed by atoms with Crippen molar-refractivity contribution < 1.29 is 37.3 Å². The maximum Gasteiger partial charge on any atom is 0.472 e. The molecule has 0 spiro atoms. The summed E-state index contributed by atoms with van der Waals surface area (Å²) < 4.78 is 30.8. The molecule has 0 aromatic rings. The number of quaternary nitrogens is 1. The van der Waals surface area contributed by atoms with Gasteiger partial charge >= 0.3 is 13.8 Å². The van der Waals surface area contributed by atoms with Crippen LogP contribution in [-0.2, 0) is 27.9 Å². The molecule has 0 rings (SSSR count). The highest BCUT2D eigenvalue weighted by Crippen LogP contribution is 2.43. The molecule has 0 saturated carbocycles. The minimum atomic E-state index is -4.45. The topological polar surface area (TPSA) is 111 Å². The zero-order valence-electron chi connectivity index (χ0n) is 53.1. The number of phosphoric ester groups is 1. The molecule has 0 aromatic carbocycles. The number of carbonyl (C=O) groups excluding carboxylic acids is 2. The minimum Gasteiger partial charge on any atom is -0.456 e. The number of phosphoric acid groups is 1. The number of hydrogen-bond acceptors (Lipinski definition) is 6. The van der Waals surface area contributed by atoms with Gasteiger partial charge in [0.2, 0.25) is 5.91 Å². The summed E-state index contributed by atoms with van der Waals surface area (Å²) in [6.07, 6.45) is 73.9. The summed E-state index contributed by atoms with van der Waals surface area (Å²) in [4.78, 5) is 37.8. The van der Waals surface area contributed by atoms with Gasteiger partial charge in [0.25, 0.3) is 0 Å². The second kappa shape index (κ2) is 59.1. The molecule has 10 heteroatoms. The van der Waals surface area contributed by atoms with Crippen molar-refractivity contribution in [3.63, 3.8) is 0 Å². The lowest BCUT2D eigenvalue weighted by molar-refractivity contribution is -0.870. The predicted molar refractivity (Wildman–Crippen MR) is 342 cm³/mol. The fourth-order valence-electron chi connectivity index (χ4n) is 10.0. The molecular formula is C69H132N2O7P+. The molecule has 0 saturated heterocycles. The van der Waals surface area contributed by atoms with Crippen molar-refractivity contribution in [3.05, 3.63) is 48.6 Å². The number of allylic oxidation sites excluding steroid dienone is 7. The number of likely N-dealkylation sites (N-methyl/N-ethyl adjacent to an activating group) is 1. The zero-order chi connectivity index (χ0) is 57.9. The Morgan fingerprint density at radius 3 is 1.18 bits per heavy atom. The molecule has 0 bridgehead atoms. The third-order valence-electron chi connectivity index (χ3n) is 15.3. The van der Waals surface area contributed by atoms with Crippen LogP contribution >= 0.6 is 7.82 Å². The number of amides is 1. The predicted octanol–water partition coefficient (Wildman–Crippen LogP) is 21.2. The van der Waals surface area contributed by atoms with Gasteiger partial charge < -0.3 is 19.4 Å². The highest BCUT2D eigenvalue weighted by atomic mass is 31.2. The van der Waals surface area contributed by atoms with Crippen molar-refractivity contribution in [1.29, 1.82) is 0 Å². The van der Waals surface area contributed by atoms with Crippen molar-refractivity contribution in [3.8, 4) is 0 Å². The first-order chi connectivity index (χ1) is 38.4. The molecule has 0 aliphatic carbocycles. The third kappa shape index (κ3) is 60.4. The monoisotopic (exact) mass is 1130 g/mol. The third-order valence-corrected chi connectivity index (χ3v) is 16.3. The molecule has 3 atom stereocenters. The van der Waals surface area contributed by atoms with Gasteiger partial charge in [-0.2, -0.15) is 0 Å². The number of unbranched alkanes of at least 4 members (excludes halogenated alkanes) is 40. The van der Waals surface area contributed by atoms with Crippen LogP contribution in [0.2, 0.25) is 0 Å². The molecule has 464 valence electrons. The molecule has 79 heavy (non-hydrogen) atoms. The highest BCUT2D eigenvalue weighted by Gasteiger charge is 2.30. The average Bonchev–Trinajstić information content (AvgIpc) is 3.41. The SMILES string of the molecule is CCCCC/C=C\C/C=C\C/C=C\CCCCCCCCC(=O)OC(/C=C/CCCCCCCCCCCCC)C(COP(=O)(O)OCC[N+](C)(C)C)NC(=O)CCCCCCCCCCCCCCCCCCCCCCC. The zero-order valence-corrected chi connectivity index (χ0v) is 54.0. The molecule has 0 aliphatic heterocycles. The molecule has 0 aromatic heterocycles. The van der Waals surface area contributed by atoms with E-state index in [2.05, 4.69) is 62.5 Å². The number of esters is 1. The van der Waals surface area contributed by atoms with Crippen LogP contribution in [0, 0.1) is 0 Å². The van der Waals surface area contributed by atoms with Gasteiger partial charge in [-0.15, -0.1) is 0 Å². The van der Waals surface area contributed by atoms with Crippen molar-refractivity contribution in [2.45, 2.75) is 341 Å². The van der Waals surface area contributed by atoms with Crippen LogP contribution < -0.4 is 5.32 Å². The number of carbonyl (C=O) groups is 2. The maximum absolute atomic E-state index is 13.6. The average molecular weight is 1130 g/mol. The normalized spacial score (nSPS) is 13.9. The first-order valence-corrected chi connectivity index (χ1v) is 35.5. The lowest BCUT2D eigenvalue weighted by Gasteiger charge is -2.27. The van der Waals surface area contributed by atoms with E-state index >= 15 is 0 Å². The maximum atomic E-state index is 13.6. The second-order valence-electron chi connectivity index (χ2n) is 24.4. The number of ether oxygens (including phenoxy) is 1. The van der Waals surface area contributed by atoms with Gasteiger partial charge in [-0.1, -0.05) is 294 Å². The molecule has 3 unspecified atom stereocenters. The van der Waals surface area contributed by atoms with Gasteiger partial charge in [-0.25, -0.2) is 4.57 Å². The fraction of sp³-hybridized carbons (Fsp3) is 0.855. The number of hydrogen-bond donors (Lipinski definition) is 2. The number of nitrogens with zero attached hydrogens (tertiary/aromatic N) is 1. The van der Waals surface area contributed by atoms with Gasteiger partial charge in [0, 0.05) is 12.8 Å². The van der Waals surface area contributed by atoms with Gasteiger partial charge in [0.1, 0.15) is 19.3 Å². The van der Waals surface area contributed by atoms with Crippen LogP contribution in [0.25, 0.3) is 0 Å². The molecule has 0 fully saturated rings. The smallest absolute Gasteiger partial charge is 0.456 e. The Morgan fingerprint density at radius 1 is 0.443 bits per heavy atom. The van der Waals surface area contributed by atoms with Crippen LogP contribution in [0.5, 0.6) is 0 Å². The Bertz CT molecular complexity index is 1490. The highest BCUT2D eigenvalue weighted by molar-refractivity contribution is 7.47. The summed E-state index contributed by atoms with van der Waals surface area (Å²) in [5.41, 5.74) is 0. The fourth-order valence-corrected chi connectivity index (χ4v) is 10.7. The van der Waals surface area contributed by atoms with Crippen molar-refractivity contribution in [2.75, 3.05) is 40.9 Å². The Balaban J connectivity index is 5.18. The van der Waals surface area contributed by atoms with E-state index in [-0.39, 0.29) is 31.5 Å². The minimum absolute atomic E-state index is 0.0394. The molecular weight excluding hydrogens is 1000 g/mol. The van der Waals surface area contributed by atoms with Crippen LogP contribution in [0.4, 0.5) is 0 Å². The molecule has 0 radical (unpaired) electrons. The van der Waals surface area contributed by atoms with Crippen molar-refractivity contribution >= 4 is 19.7 Å². The lowest BCUT2D eigenvalue weighted by atomic mass is 10.0. The summed E-state index contributed by atoms with van der Waals surface area (Å²) in [6, 6.07) is -0.852. The summed E-state index contributed by atoms with van der Waals surface area (Å²) in [5, 5.41) is 3.07. The quantitative estimate of drug-likeness (QED) is 0.0205. The van der Waals surface area contributed by atoms with E-state index in [4.69, 9.17) is 13.8 Å². The first-order valence-electron chi connectivity index (χ1n) is 34.0. The second-order valence-corrected chi connectivity index (χ2v) is 25.8. The van der Waals surface area contributed by atoms with Gasteiger partial charge in [-0.05, 0) is 70.3 Å². The van der Waals surface area contributed by atoms with Crippen LogP contribution in [-0.4, -0.2) is 74.3 Å². The summed E-state index contributed by atoms with van der Waals surface area (Å²) >= 11 is 0. The number of nitrogens with one attached hydrogen (secondary N) is 1. The lowest BCUT2D eigenvalue weighted by Crippen LogP contribution is -2.47. The Kier molecular flexibility index (Phi) is 57.6. The van der Waals surface area contributed by atoms with E-state index < -0.39 is 20.0 Å². The largest absolute Gasteiger partial charge is 0.472 e. The standard InChI is InChI=1S/C69H131N2O7P/c1-7-10-13-16-19-22-25-28-30-32-34-35-37-38-40-43-46-49-52-55-58-61-68(72)70-66(65-77-79(74,75)76-64-63-71(4,5)6)67(60-57-54-51-48-45-42-27-24-21-18-15-12-9-3)78-69(73)62-59-56-53-50-47-44-41-39-36-33-31-29-26-23-20-17-14-11-8-2/h20,23,29,31,36,39,57,60,66-67H,7-19,21-22,24-28,30,32-35,37-38,40-56,58-59,61-65H2,1-6H3,(H-,70,72,74,75)/p+1/b23-20-,31-29-,39-36-,60-57+. The van der Waals surface area contributed by atoms with E-state index in [9.17, 15) is 19.0 Å². The van der Waals surface area contributed by atoms with E-state index in [1.54, 1.807) is 0 Å². The first kappa shape index (κ1) is 77.0. The van der Waals surface area contributed by atoms with E-state index in [0.717, 1.165) is 83.5 Å². The molecule has 0 aliphatic rings. The summed E-state index contributed by atoms with van der Waals surface area (Å²) in [7, 11) is 1.50. The van der Waals surface area contributed by atoms with Crippen LogP contribution in [0.3, 0.4) is 0 Å². The molecule has 1 amide bonds. The Morgan fingerprint density at radius 2 is 0.772 bits per heavy atom.